The minimum absolute atomic E-state index is 0.718. The van der Waals surface area contributed by atoms with Gasteiger partial charge in [-0.1, -0.05) is 25.5 Å². The van der Waals surface area contributed by atoms with Gasteiger partial charge in [-0.15, -0.1) is 0 Å². The van der Waals surface area contributed by atoms with Crippen LogP contribution >= 0.6 is 0 Å². The molecule has 2 aliphatic carbocycles. The molecule has 0 bridgehead atoms. The highest BCUT2D eigenvalue weighted by molar-refractivity contribution is 5.30. The fourth-order valence-electron chi connectivity index (χ4n) is 3.55. The van der Waals surface area contributed by atoms with E-state index in [0.717, 1.165) is 29.5 Å². The molecular formula is C18H27NO. The second kappa shape index (κ2) is 6.17. The normalized spacial score (nSPS) is 30.2. The van der Waals surface area contributed by atoms with Crippen LogP contribution in [0.5, 0.6) is 5.75 Å². The molecule has 2 nitrogen and oxygen atoms in total. The Morgan fingerprint density at radius 3 is 2.50 bits per heavy atom. The third kappa shape index (κ3) is 3.35. The number of hydrogen-bond acceptors (Lipinski definition) is 2. The van der Waals surface area contributed by atoms with Gasteiger partial charge in [-0.05, 0) is 67.7 Å². The van der Waals surface area contributed by atoms with Gasteiger partial charge in [0.2, 0.25) is 0 Å². The lowest BCUT2D eigenvalue weighted by Gasteiger charge is -2.35. The van der Waals surface area contributed by atoms with Gasteiger partial charge in [0, 0.05) is 6.04 Å². The van der Waals surface area contributed by atoms with Crippen LogP contribution < -0.4 is 10.1 Å². The second-order valence-electron chi connectivity index (χ2n) is 6.74. The van der Waals surface area contributed by atoms with Gasteiger partial charge in [-0.25, -0.2) is 0 Å². The van der Waals surface area contributed by atoms with Crippen molar-refractivity contribution < 1.29 is 4.74 Å². The molecule has 20 heavy (non-hydrogen) atoms. The lowest BCUT2D eigenvalue weighted by molar-refractivity contribution is 0.241. The standard InChI is InChI=1S/C18H27NO/c1-13-3-4-15(12-19-16-7-8-16)18(11-13)14-5-9-17(20-2)10-6-14/h5-6,9-10,13,15-16,18-19H,3-4,7-8,11-12H2,1-2H3. The molecular weight excluding hydrogens is 246 g/mol. The Morgan fingerprint density at radius 1 is 1.10 bits per heavy atom. The zero-order valence-electron chi connectivity index (χ0n) is 12.8. The summed E-state index contributed by atoms with van der Waals surface area (Å²) in [4.78, 5) is 0. The third-order valence-electron chi connectivity index (χ3n) is 5.05. The smallest absolute Gasteiger partial charge is 0.118 e. The van der Waals surface area contributed by atoms with E-state index in [1.165, 1.54) is 44.2 Å². The number of hydrogen-bond donors (Lipinski definition) is 1. The summed E-state index contributed by atoms with van der Waals surface area (Å²) in [5.41, 5.74) is 1.50. The van der Waals surface area contributed by atoms with E-state index in [9.17, 15) is 0 Å². The maximum Gasteiger partial charge on any atom is 0.118 e. The van der Waals surface area contributed by atoms with Crippen molar-refractivity contribution in [3.8, 4) is 5.75 Å². The van der Waals surface area contributed by atoms with Crippen molar-refractivity contribution >= 4 is 0 Å². The molecule has 110 valence electrons. The van der Waals surface area contributed by atoms with Crippen LogP contribution in [-0.2, 0) is 0 Å². The van der Waals surface area contributed by atoms with Crippen molar-refractivity contribution in [3.63, 3.8) is 0 Å². The van der Waals surface area contributed by atoms with E-state index in [1.807, 2.05) is 0 Å². The van der Waals surface area contributed by atoms with Crippen molar-refractivity contribution in [2.75, 3.05) is 13.7 Å². The highest BCUT2D eigenvalue weighted by Crippen LogP contribution is 2.41. The Labute approximate surface area is 122 Å². The highest BCUT2D eigenvalue weighted by Gasteiger charge is 2.31. The quantitative estimate of drug-likeness (QED) is 0.876. The SMILES string of the molecule is COc1ccc(C2CC(C)CCC2CNC2CC2)cc1. The van der Waals surface area contributed by atoms with Gasteiger partial charge in [0.15, 0.2) is 0 Å². The van der Waals surface area contributed by atoms with Crippen LogP contribution in [-0.4, -0.2) is 19.7 Å². The number of rotatable bonds is 5. The first-order valence-corrected chi connectivity index (χ1v) is 8.13. The van der Waals surface area contributed by atoms with Crippen LogP contribution in [0.25, 0.3) is 0 Å². The zero-order chi connectivity index (χ0) is 13.9. The maximum absolute atomic E-state index is 5.28. The van der Waals surface area contributed by atoms with Crippen molar-refractivity contribution in [3.05, 3.63) is 29.8 Å². The first-order valence-electron chi connectivity index (χ1n) is 8.13. The molecule has 2 saturated carbocycles. The molecule has 3 atom stereocenters. The Bertz CT molecular complexity index is 424. The van der Waals surface area contributed by atoms with Crippen molar-refractivity contribution in [1.82, 2.24) is 5.32 Å². The molecule has 1 aromatic carbocycles. The Morgan fingerprint density at radius 2 is 1.85 bits per heavy atom. The Hall–Kier alpha value is -1.02. The van der Waals surface area contributed by atoms with E-state index < -0.39 is 0 Å². The molecule has 1 aromatic rings. The van der Waals surface area contributed by atoms with Gasteiger partial charge in [0.1, 0.15) is 5.75 Å². The second-order valence-corrected chi connectivity index (χ2v) is 6.74. The molecule has 0 radical (unpaired) electrons. The summed E-state index contributed by atoms with van der Waals surface area (Å²) in [6, 6.07) is 9.59. The van der Waals surface area contributed by atoms with Crippen LogP contribution in [0.2, 0.25) is 0 Å². The molecule has 2 fully saturated rings. The maximum atomic E-state index is 5.28. The molecule has 3 rings (SSSR count). The van der Waals surface area contributed by atoms with E-state index in [-0.39, 0.29) is 0 Å². The minimum Gasteiger partial charge on any atom is -0.497 e. The number of ether oxygens (including phenoxy) is 1. The van der Waals surface area contributed by atoms with Gasteiger partial charge >= 0.3 is 0 Å². The topological polar surface area (TPSA) is 21.3 Å². The van der Waals surface area contributed by atoms with Gasteiger partial charge in [0.05, 0.1) is 7.11 Å². The van der Waals surface area contributed by atoms with E-state index in [2.05, 4.69) is 36.5 Å². The van der Waals surface area contributed by atoms with E-state index in [4.69, 9.17) is 4.74 Å². The minimum atomic E-state index is 0.718. The summed E-state index contributed by atoms with van der Waals surface area (Å²) >= 11 is 0. The molecule has 0 aliphatic heterocycles. The van der Waals surface area contributed by atoms with Crippen LogP contribution in [0, 0.1) is 11.8 Å². The zero-order valence-corrected chi connectivity index (χ0v) is 12.8. The molecule has 3 unspecified atom stereocenters. The van der Waals surface area contributed by atoms with Gasteiger partial charge in [0.25, 0.3) is 0 Å². The Balaban J connectivity index is 1.69. The first-order chi connectivity index (χ1) is 9.76. The van der Waals surface area contributed by atoms with Crippen molar-refractivity contribution in [1.29, 1.82) is 0 Å². The number of benzene rings is 1. The first kappa shape index (κ1) is 13.9. The van der Waals surface area contributed by atoms with Gasteiger partial charge < -0.3 is 10.1 Å². The Kier molecular flexibility index (Phi) is 4.30. The molecule has 0 saturated heterocycles. The summed E-state index contributed by atoms with van der Waals surface area (Å²) in [5.74, 6) is 3.35. The predicted molar refractivity (Wildman–Crippen MR) is 83.3 cm³/mol. The predicted octanol–water partition coefficient (Wildman–Crippen LogP) is 3.97. The third-order valence-corrected chi connectivity index (χ3v) is 5.05. The average Bonchev–Trinajstić information content (AvgIpc) is 3.30. The van der Waals surface area contributed by atoms with Crippen molar-refractivity contribution in [2.45, 2.75) is 51.0 Å². The monoisotopic (exact) mass is 273 g/mol. The largest absolute Gasteiger partial charge is 0.497 e. The summed E-state index contributed by atoms with van der Waals surface area (Å²) < 4.78 is 5.28. The van der Waals surface area contributed by atoms with Crippen LogP contribution in [0.1, 0.15) is 50.5 Å². The molecule has 2 heteroatoms. The van der Waals surface area contributed by atoms with Crippen molar-refractivity contribution in [2.24, 2.45) is 11.8 Å². The summed E-state index contributed by atoms with van der Waals surface area (Å²) in [7, 11) is 1.74. The number of nitrogens with one attached hydrogen (secondary N) is 1. The molecule has 1 N–H and O–H groups in total. The highest BCUT2D eigenvalue weighted by atomic mass is 16.5. The average molecular weight is 273 g/mol. The summed E-state index contributed by atoms with van der Waals surface area (Å²) in [6.45, 7) is 3.61. The summed E-state index contributed by atoms with van der Waals surface area (Å²) in [6.07, 6.45) is 6.87. The van der Waals surface area contributed by atoms with Crippen LogP contribution in [0.15, 0.2) is 24.3 Å². The molecule has 0 aromatic heterocycles. The van der Waals surface area contributed by atoms with Crippen LogP contribution in [0.4, 0.5) is 0 Å². The van der Waals surface area contributed by atoms with Gasteiger partial charge in [-0.2, -0.15) is 0 Å². The lowest BCUT2D eigenvalue weighted by Crippen LogP contribution is -2.32. The molecule has 0 heterocycles. The fourth-order valence-corrected chi connectivity index (χ4v) is 3.55. The van der Waals surface area contributed by atoms with E-state index in [1.54, 1.807) is 7.11 Å². The fraction of sp³-hybridized carbons (Fsp3) is 0.667. The van der Waals surface area contributed by atoms with E-state index >= 15 is 0 Å². The van der Waals surface area contributed by atoms with Crippen LogP contribution in [0.3, 0.4) is 0 Å². The molecule has 0 amide bonds. The summed E-state index contributed by atoms with van der Waals surface area (Å²) in [5, 5.41) is 3.74. The van der Waals surface area contributed by atoms with E-state index in [0.29, 0.717) is 0 Å². The lowest BCUT2D eigenvalue weighted by atomic mass is 9.71. The molecule has 0 spiro atoms. The molecule has 2 aliphatic rings. The van der Waals surface area contributed by atoms with Gasteiger partial charge in [-0.3, -0.25) is 0 Å². The number of methoxy groups -OCH3 is 1.